The van der Waals surface area contributed by atoms with E-state index < -0.39 is 0 Å². The van der Waals surface area contributed by atoms with Gasteiger partial charge in [-0.15, -0.1) is 0 Å². The second-order valence-corrected chi connectivity index (χ2v) is 5.83. The van der Waals surface area contributed by atoms with Gasteiger partial charge in [0.1, 0.15) is 0 Å². The molecule has 2 N–H and O–H groups in total. The highest BCUT2D eigenvalue weighted by Crippen LogP contribution is 2.32. The molecule has 0 fully saturated rings. The van der Waals surface area contributed by atoms with Gasteiger partial charge < -0.3 is 19.8 Å². The minimum absolute atomic E-state index is 0.00878. The first-order valence-electron chi connectivity index (χ1n) is 7.61. The average Bonchev–Trinajstić information content (AvgIpc) is 3.00. The number of aromatic amines is 1. The summed E-state index contributed by atoms with van der Waals surface area (Å²) in [6.07, 6.45) is 2.92. The summed E-state index contributed by atoms with van der Waals surface area (Å²) in [5.41, 5.74) is 3.52. The van der Waals surface area contributed by atoms with E-state index in [-0.39, 0.29) is 5.56 Å². The predicted octanol–water partition coefficient (Wildman–Crippen LogP) is 1.75. The van der Waals surface area contributed by atoms with Gasteiger partial charge in [0.25, 0.3) is 0 Å². The van der Waals surface area contributed by atoms with E-state index in [1.54, 1.807) is 6.07 Å². The quantitative estimate of drug-likeness (QED) is 0.906. The molecular formula is C17H18N2O3. The molecule has 22 heavy (non-hydrogen) atoms. The van der Waals surface area contributed by atoms with Gasteiger partial charge in [-0.05, 0) is 42.5 Å². The summed E-state index contributed by atoms with van der Waals surface area (Å²) in [5.74, 6) is 1.64. The van der Waals surface area contributed by atoms with Crippen LogP contribution in [0.25, 0.3) is 0 Å². The lowest BCUT2D eigenvalue weighted by Gasteiger charge is -2.25. The highest BCUT2D eigenvalue weighted by atomic mass is 16.7. The maximum absolute atomic E-state index is 11.3. The van der Waals surface area contributed by atoms with Crippen molar-refractivity contribution in [3.8, 4) is 11.5 Å². The smallest absolute Gasteiger partial charge is 0.248 e. The number of pyridine rings is 1. The van der Waals surface area contributed by atoms with Crippen molar-refractivity contribution >= 4 is 0 Å². The predicted molar refractivity (Wildman–Crippen MR) is 82.3 cm³/mol. The summed E-state index contributed by atoms with van der Waals surface area (Å²) < 4.78 is 10.7. The molecule has 5 nitrogen and oxygen atoms in total. The first-order valence-corrected chi connectivity index (χ1v) is 7.61. The van der Waals surface area contributed by atoms with Gasteiger partial charge in [0.15, 0.2) is 11.5 Å². The second kappa shape index (κ2) is 5.50. The Hall–Kier alpha value is -2.27. The van der Waals surface area contributed by atoms with E-state index >= 15 is 0 Å². The van der Waals surface area contributed by atoms with Crippen molar-refractivity contribution in [3.63, 3.8) is 0 Å². The fourth-order valence-electron chi connectivity index (χ4n) is 3.14. The summed E-state index contributed by atoms with van der Waals surface area (Å²) >= 11 is 0. The number of ether oxygens (including phenoxy) is 2. The van der Waals surface area contributed by atoms with E-state index in [2.05, 4.69) is 16.4 Å². The van der Waals surface area contributed by atoms with Crippen LogP contribution >= 0.6 is 0 Å². The van der Waals surface area contributed by atoms with Crippen molar-refractivity contribution in [2.75, 3.05) is 6.79 Å². The Kier molecular flexibility index (Phi) is 3.35. The lowest BCUT2D eigenvalue weighted by molar-refractivity contribution is 0.174. The molecule has 1 aliphatic heterocycles. The van der Waals surface area contributed by atoms with Crippen LogP contribution in [0.5, 0.6) is 11.5 Å². The van der Waals surface area contributed by atoms with Crippen LogP contribution in [-0.2, 0) is 19.4 Å². The van der Waals surface area contributed by atoms with E-state index in [9.17, 15) is 4.79 Å². The molecular weight excluding hydrogens is 280 g/mol. The molecule has 2 aliphatic rings. The number of benzene rings is 1. The van der Waals surface area contributed by atoms with Gasteiger partial charge in [0.2, 0.25) is 12.4 Å². The number of fused-ring (bicyclic) bond motifs is 2. The van der Waals surface area contributed by atoms with Gasteiger partial charge in [0, 0.05) is 24.3 Å². The Labute approximate surface area is 128 Å². The normalized spacial score (nSPS) is 19.0. The standard InChI is InChI=1S/C17H18N2O3/c20-17-6-2-12-8-13(3-4-14(12)19-17)18-9-11-1-5-15-16(7-11)22-10-21-15/h1-2,5-7,13,18H,3-4,8-10H2,(H,19,20)/t13-/m1/s1. The van der Waals surface area contributed by atoms with Crippen molar-refractivity contribution < 1.29 is 9.47 Å². The summed E-state index contributed by atoms with van der Waals surface area (Å²) in [7, 11) is 0. The molecule has 2 aromatic rings. The number of hydrogen-bond acceptors (Lipinski definition) is 4. The third kappa shape index (κ3) is 2.60. The highest BCUT2D eigenvalue weighted by molar-refractivity contribution is 5.44. The van der Waals surface area contributed by atoms with Crippen molar-refractivity contribution in [2.24, 2.45) is 0 Å². The molecule has 0 unspecified atom stereocenters. The first kappa shape index (κ1) is 13.4. The largest absolute Gasteiger partial charge is 0.454 e. The molecule has 2 heterocycles. The molecule has 1 aromatic heterocycles. The Morgan fingerprint density at radius 2 is 2.09 bits per heavy atom. The van der Waals surface area contributed by atoms with Crippen LogP contribution in [0, 0.1) is 0 Å². The third-order valence-corrected chi connectivity index (χ3v) is 4.34. The molecule has 0 spiro atoms. The number of hydrogen-bond donors (Lipinski definition) is 2. The van der Waals surface area contributed by atoms with E-state index in [0.717, 1.165) is 43.0 Å². The summed E-state index contributed by atoms with van der Waals surface area (Å²) in [6, 6.07) is 10.0. The number of nitrogens with one attached hydrogen (secondary N) is 2. The second-order valence-electron chi connectivity index (χ2n) is 5.83. The Morgan fingerprint density at radius 3 is 3.05 bits per heavy atom. The average molecular weight is 298 g/mol. The molecule has 114 valence electrons. The lowest BCUT2D eigenvalue weighted by Crippen LogP contribution is -2.35. The van der Waals surface area contributed by atoms with Crippen molar-refractivity contribution in [3.05, 3.63) is 57.5 Å². The summed E-state index contributed by atoms with van der Waals surface area (Å²) in [5, 5.41) is 3.60. The van der Waals surface area contributed by atoms with Crippen LogP contribution < -0.4 is 20.3 Å². The van der Waals surface area contributed by atoms with Gasteiger partial charge in [-0.3, -0.25) is 4.79 Å². The fourth-order valence-corrected chi connectivity index (χ4v) is 3.14. The van der Waals surface area contributed by atoms with E-state index in [4.69, 9.17) is 9.47 Å². The van der Waals surface area contributed by atoms with E-state index in [0.29, 0.717) is 12.8 Å². The maximum atomic E-state index is 11.3. The molecule has 1 aliphatic carbocycles. The molecule has 0 saturated carbocycles. The van der Waals surface area contributed by atoms with Gasteiger partial charge in [-0.1, -0.05) is 12.1 Å². The van der Waals surface area contributed by atoms with E-state index in [1.807, 2.05) is 18.2 Å². The van der Waals surface area contributed by atoms with Crippen LogP contribution in [0.2, 0.25) is 0 Å². The summed E-state index contributed by atoms with van der Waals surface area (Å²) in [6.45, 7) is 1.11. The Morgan fingerprint density at radius 1 is 1.18 bits per heavy atom. The summed E-state index contributed by atoms with van der Waals surface area (Å²) in [4.78, 5) is 14.3. The minimum atomic E-state index is -0.00878. The molecule has 4 rings (SSSR count). The topological polar surface area (TPSA) is 63.4 Å². The molecule has 5 heteroatoms. The molecule has 0 bridgehead atoms. The zero-order chi connectivity index (χ0) is 14.9. The van der Waals surface area contributed by atoms with E-state index in [1.165, 1.54) is 11.1 Å². The zero-order valence-electron chi connectivity index (χ0n) is 12.2. The monoisotopic (exact) mass is 298 g/mol. The third-order valence-electron chi connectivity index (χ3n) is 4.34. The number of aromatic nitrogens is 1. The van der Waals surface area contributed by atoms with Gasteiger partial charge in [-0.2, -0.15) is 0 Å². The molecule has 0 radical (unpaired) electrons. The number of H-pyrrole nitrogens is 1. The SMILES string of the molecule is O=c1ccc2c([nH]1)CC[C@@H](NCc1ccc3c(c1)OCO3)C2. The van der Waals surface area contributed by atoms with Crippen LogP contribution in [0.3, 0.4) is 0 Å². The molecule has 0 amide bonds. The first-order chi connectivity index (χ1) is 10.8. The van der Waals surface area contributed by atoms with Gasteiger partial charge in [-0.25, -0.2) is 0 Å². The molecule has 0 saturated heterocycles. The van der Waals surface area contributed by atoms with Gasteiger partial charge >= 0.3 is 0 Å². The van der Waals surface area contributed by atoms with Gasteiger partial charge in [0.05, 0.1) is 0 Å². The van der Waals surface area contributed by atoms with Crippen molar-refractivity contribution in [1.29, 1.82) is 0 Å². The van der Waals surface area contributed by atoms with Crippen LogP contribution in [0.1, 0.15) is 23.2 Å². The van der Waals surface area contributed by atoms with Crippen LogP contribution in [0.15, 0.2) is 35.1 Å². The fraction of sp³-hybridized carbons (Fsp3) is 0.353. The van der Waals surface area contributed by atoms with Crippen LogP contribution in [-0.4, -0.2) is 17.8 Å². The van der Waals surface area contributed by atoms with Crippen molar-refractivity contribution in [1.82, 2.24) is 10.3 Å². The van der Waals surface area contributed by atoms with Crippen LogP contribution in [0.4, 0.5) is 0 Å². The maximum Gasteiger partial charge on any atom is 0.248 e. The molecule has 1 atom stereocenters. The molecule has 1 aromatic carbocycles. The number of rotatable bonds is 3. The Bertz CT molecular complexity index is 754. The minimum Gasteiger partial charge on any atom is -0.454 e. The lowest BCUT2D eigenvalue weighted by atomic mass is 9.92. The highest BCUT2D eigenvalue weighted by Gasteiger charge is 2.19. The Balaban J connectivity index is 1.40. The zero-order valence-corrected chi connectivity index (χ0v) is 12.2. The van der Waals surface area contributed by atoms with Crippen molar-refractivity contribution in [2.45, 2.75) is 31.8 Å². The number of aryl methyl sites for hydroxylation is 1.